The summed E-state index contributed by atoms with van der Waals surface area (Å²) in [4.78, 5) is 45.5. The van der Waals surface area contributed by atoms with E-state index in [1.54, 1.807) is 11.5 Å². The SMILES string of the molecule is CCc1ccc(N2C(=O)c3c(C(=O)OC)ncn3C[C@@]2(C)C(=O)NC2CCCCCC2)cc1. The first-order valence-electron chi connectivity index (χ1n) is 11.8. The van der Waals surface area contributed by atoms with Gasteiger partial charge in [-0.25, -0.2) is 9.78 Å². The lowest BCUT2D eigenvalue weighted by Gasteiger charge is -2.44. The number of ether oxygens (including phenoxy) is 1. The van der Waals surface area contributed by atoms with E-state index in [-0.39, 0.29) is 29.9 Å². The van der Waals surface area contributed by atoms with E-state index in [1.165, 1.54) is 31.2 Å². The molecule has 1 aliphatic carbocycles. The molecule has 1 aromatic heterocycles. The van der Waals surface area contributed by atoms with E-state index >= 15 is 0 Å². The summed E-state index contributed by atoms with van der Waals surface area (Å²) < 4.78 is 6.42. The van der Waals surface area contributed by atoms with Crippen molar-refractivity contribution < 1.29 is 19.1 Å². The fraction of sp³-hybridized carbons (Fsp3) is 0.520. The highest BCUT2D eigenvalue weighted by molar-refractivity contribution is 6.15. The van der Waals surface area contributed by atoms with Crippen LogP contribution in [0.15, 0.2) is 30.6 Å². The number of rotatable bonds is 5. The number of hydrogen-bond donors (Lipinski definition) is 1. The van der Waals surface area contributed by atoms with Crippen LogP contribution in [0.4, 0.5) is 5.69 Å². The van der Waals surface area contributed by atoms with E-state index in [9.17, 15) is 14.4 Å². The van der Waals surface area contributed by atoms with Crippen molar-refractivity contribution in [3.8, 4) is 0 Å². The number of esters is 1. The molecule has 1 atom stereocenters. The van der Waals surface area contributed by atoms with E-state index in [4.69, 9.17) is 4.74 Å². The molecule has 4 rings (SSSR count). The maximum Gasteiger partial charge on any atom is 0.359 e. The number of nitrogens with one attached hydrogen (secondary N) is 1. The van der Waals surface area contributed by atoms with Gasteiger partial charge in [0.1, 0.15) is 11.2 Å². The summed E-state index contributed by atoms with van der Waals surface area (Å²) in [6, 6.07) is 7.74. The number of benzene rings is 1. The summed E-state index contributed by atoms with van der Waals surface area (Å²) in [6.07, 6.45) is 8.77. The molecule has 0 unspecified atom stereocenters. The third kappa shape index (κ3) is 4.26. The zero-order valence-corrected chi connectivity index (χ0v) is 19.6. The number of hydrogen-bond acceptors (Lipinski definition) is 5. The molecule has 0 saturated heterocycles. The van der Waals surface area contributed by atoms with E-state index in [0.29, 0.717) is 5.69 Å². The van der Waals surface area contributed by atoms with Crippen molar-refractivity contribution in [2.45, 2.75) is 76.9 Å². The Balaban J connectivity index is 1.75. The topological polar surface area (TPSA) is 93.5 Å². The number of carbonyl (C=O) groups excluding carboxylic acids is 3. The molecule has 2 amide bonds. The zero-order chi connectivity index (χ0) is 23.6. The van der Waals surface area contributed by atoms with Crippen molar-refractivity contribution in [2.75, 3.05) is 12.0 Å². The van der Waals surface area contributed by atoms with E-state index in [0.717, 1.165) is 37.7 Å². The monoisotopic (exact) mass is 452 g/mol. The molecule has 1 fully saturated rings. The molecule has 8 heteroatoms. The largest absolute Gasteiger partial charge is 0.464 e. The normalized spacial score (nSPS) is 21.3. The molecule has 1 saturated carbocycles. The van der Waals surface area contributed by atoms with Crippen LogP contribution in [0.1, 0.15) is 78.9 Å². The number of imidazole rings is 1. The van der Waals surface area contributed by atoms with Gasteiger partial charge in [0.15, 0.2) is 5.69 Å². The fourth-order valence-corrected chi connectivity index (χ4v) is 4.93. The number of methoxy groups -OCH3 is 1. The maximum absolute atomic E-state index is 13.8. The minimum Gasteiger partial charge on any atom is -0.464 e. The predicted molar refractivity (Wildman–Crippen MR) is 124 cm³/mol. The highest BCUT2D eigenvalue weighted by atomic mass is 16.5. The van der Waals surface area contributed by atoms with Crippen LogP contribution in [0.5, 0.6) is 0 Å². The van der Waals surface area contributed by atoms with Gasteiger partial charge in [-0.2, -0.15) is 0 Å². The molecule has 1 N–H and O–H groups in total. The maximum atomic E-state index is 13.8. The molecular weight excluding hydrogens is 420 g/mol. The number of fused-ring (bicyclic) bond motifs is 1. The molecule has 2 aromatic rings. The molecule has 176 valence electrons. The third-order valence-corrected chi connectivity index (χ3v) is 6.88. The smallest absolute Gasteiger partial charge is 0.359 e. The second-order valence-electron chi connectivity index (χ2n) is 9.16. The molecule has 1 aromatic carbocycles. The summed E-state index contributed by atoms with van der Waals surface area (Å²) in [7, 11) is 1.26. The van der Waals surface area contributed by atoms with E-state index in [2.05, 4.69) is 17.2 Å². The second-order valence-corrected chi connectivity index (χ2v) is 9.16. The first-order valence-corrected chi connectivity index (χ1v) is 11.8. The number of aromatic nitrogens is 2. The van der Waals surface area contributed by atoms with Crippen molar-refractivity contribution in [3.63, 3.8) is 0 Å². The van der Waals surface area contributed by atoms with Crippen LogP contribution in [0, 0.1) is 0 Å². The van der Waals surface area contributed by atoms with E-state index in [1.807, 2.05) is 24.3 Å². The Kier molecular flexibility index (Phi) is 6.54. The number of carbonyl (C=O) groups is 3. The standard InChI is InChI=1S/C25H32N4O4/c1-4-17-11-13-19(14-12-17)29-22(30)21-20(23(31)33-3)26-16-28(21)15-25(29,2)24(32)27-18-9-7-5-6-8-10-18/h11-14,16,18H,4-10,15H2,1-3H3,(H,27,32)/t25-/m0/s1. The number of anilines is 1. The van der Waals surface area contributed by atoms with Gasteiger partial charge in [-0.3, -0.25) is 14.5 Å². The number of amides is 2. The zero-order valence-electron chi connectivity index (χ0n) is 19.6. The van der Waals surface area contributed by atoms with Crippen LogP contribution in [-0.4, -0.2) is 46.0 Å². The van der Waals surface area contributed by atoms with Crippen LogP contribution in [0.25, 0.3) is 0 Å². The van der Waals surface area contributed by atoms with Gasteiger partial charge >= 0.3 is 5.97 Å². The number of nitrogens with zero attached hydrogens (tertiary/aromatic N) is 3. The lowest BCUT2D eigenvalue weighted by atomic mass is 9.92. The van der Waals surface area contributed by atoms with Crippen LogP contribution in [-0.2, 0) is 22.5 Å². The van der Waals surface area contributed by atoms with Gasteiger partial charge in [-0.1, -0.05) is 44.7 Å². The van der Waals surface area contributed by atoms with Gasteiger partial charge in [0.25, 0.3) is 5.91 Å². The van der Waals surface area contributed by atoms with Crippen molar-refractivity contribution in [1.82, 2.24) is 14.9 Å². The van der Waals surface area contributed by atoms with Crippen LogP contribution in [0.3, 0.4) is 0 Å². The van der Waals surface area contributed by atoms with Gasteiger partial charge < -0.3 is 14.6 Å². The summed E-state index contributed by atoms with van der Waals surface area (Å²) in [5, 5.41) is 3.23. The minimum absolute atomic E-state index is 0.0381. The summed E-state index contributed by atoms with van der Waals surface area (Å²) in [5.41, 5.74) is 0.662. The lowest BCUT2D eigenvalue weighted by Crippen LogP contribution is -2.65. The lowest BCUT2D eigenvalue weighted by molar-refractivity contribution is -0.127. The first kappa shape index (κ1) is 23.0. The molecule has 33 heavy (non-hydrogen) atoms. The third-order valence-electron chi connectivity index (χ3n) is 6.88. The Morgan fingerprint density at radius 1 is 1.15 bits per heavy atom. The molecule has 2 aliphatic rings. The molecule has 8 nitrogen and oxygen atoms in total. The second kappa shape index (κ2) is 9.37. The van der Waals surface area contributed by atoms with Gasteiger partial charge in [-0.05, 0) is 43.9 Å². The Morgan fingerprint density at radius 2 is 1.82 bits per heavy atom. The summed E-state index contributed by atoms with van der Waals surface area (Å²) >= 11 is 0. The quantitative estimate of drug-likeness (QED) is 0.554. The molecule has 1 aliphatic heterocycles. The molecule has 2 heterocycles. The molecule has 0 spiro atoms. The summed E-state index contributed by atoms with van der Waals surface area (Å²) in [6.45, 7) is 4.03. The Hall–Kier alpha value is -3.16. The molecular formula is C25H32N4O4. The Labute approximate surface area is 194 Å². The average molecular weight is 453 g/mol. The minimum atomic E-state index is -1.18. The molecule has 0 bridgehead atoms. The van der Waals surface area contributed by atoms with E-state index < -0.39 is 17.4 Å². The first-order chi connectivity index (χ1) is 15.9. The average Bonchev–Trinajstić information content (AvgIpc) is 3.07. The van der Waals surface area contributed by atoms with Gasteiger partial charge in [0, 0.05) is 11.7 Å². The van der Waals surface area contributed by atoms with Crippen molar-refractivity contribution in [2.24, 2.45) is 0 Å². The van der Waals surface area contributed by atoms with Gasteiger partial charge in [0.2, 0.25) is 5.91 Å². The highest BCUT2D eigenvalue weighted by Gasteiger charge is 2.50. The van der Waals surface area contributed by atoms with Crippen molar-refractivity contribution in [1.29, 1.82) is 0 Å². The van der Waals surface area contributed by atoms with Crippen LogP contribution in [0.2, 0.25) is 0 Å². The Morgan fingerprint density at radius 3 is 2.42 bits per heavy atom. The van der Waals surface area contributed by atoms with Crippen molar-refractivity contribution >= 4 is 23.5 Å². The fourth-order valence-electron chi connectivity index (χ4n) is 4.93. The Bertz CT molecular complexity index is 1040. The van der Waals surface area contributed by atoms with Crippen LogP contribution >= 0.6 is 0 Å². The van der Waals surface area contributed by atoms with Gasteiger partial charge in [-0.15, -0.1) is 0 Å². The summed E-state index contributed by atoms with van der Waals surface area (Å²) in [5.74, 6) is -1.31. The van der Waals surface area contributed by atoms with Gasteiger partial charge in [0.05, 0.1) is 20.0 Å². The van der Waals surface area contributed by atoms with Crippen molar-refractivity contribution in [3.05, 3.63) is 47.5 Å². The predicted octanol–water partition coefficient (Wildman–Crippen LogP) is 3.49. The number of aryl methyl sites for hydroxylation is 1. The molecule has 0 radical (unpaired) electrons. The highest BCUT2D eigenvalue weighted by Crippen LogP contribution is 2.34. The van der Waals surface area contributed by atoms with Crippen LogP contribution < -0.4 is 10.2 Å².